The predicted octanol–water partition coefficient (Wildman–Crippen LogP) is 0.0500. The Bertz CT molecular complexity index is 682. The number of carbonyl (C=O) groups excluding carboxylic acids is 1. The Hall–Kier alpha value is -2.22. The number of rotatable bonds is 3. The van der Waals surface area contributed by atoms with E-state index in [-0.39, 0.29) is 30.5 Å². The molecular formula is C13H14N2O5S. The first-order chi connectivity index (χ1) is 9.87. The summed E-state index contributed by atoms with van der Waals surface area (Å²) in [5.41, 5.74) is 0.801. The summed E-state index contributed by atoms with van der Waals surface area (Å²) in [5.74, 6) is -1.47. The summed E-state index contributed by atoms with van der Waals surface area (Å²) < 4.78 is 22.7. The maximum atomic E-state index is 12.3. The van der Waals surface area contributed by atoms with Gasteiger partial charge in [-0.1, -0.05) is 0 Å². The average molecular weight is 310 g/mol. The molecule has 1 fully saturated rings. The molecule has 0 saturated carbocycles. The zero-order valence-electron chi connectivity index (χ0n) is 11.1. The first-order valence-electron chi connectivity index (χ1n) is 6.23. The van der Waals surface area contributed by atoms with E-state index in [0.717, 1.165) is 6.08 Å². The van der Waals surface area contributed by atoms with Crippen molar-refractivity contribution in [3.05, 3.63) is 35.7 Å². The summed E-state index contributed by atoms with van der Waals surface area (Å²) >= 11 is 0. The van der Waals surface area contributed by atoms with Gasteiger partial charge in [0.15, 0.2) is 9.84 Å². The lowest BCUT2D eigenvalue weighted by molar-refractivity contribution is -0.131. The SMILES string of the molecule is O=C(O)C=Cc1cncc(C(=O)N2CCS(=O)(=O)CC2)c1. The lowest BCUT2D eigenvalue weighted by Crippen LogP contribution is -2.43. The second-order valence-corrected chi connectivity index (χ2v) is 6.93. The summed E-state index contributed by atoms with van der Waals surface area (Å²) in [7, 11) is -3.04. The van der Waals surface area contributed by atoms with Gasteiger partial charge in [-0.15, -0.1) is 0 Å². The van der Waals surface area contributed by atoms with Crippen molar-refractivity contribution >= 4 is 27.8 Å². The highest BCUT2D eigenvalue weighted by Gasteiger charge is 2.25. The number of aromatic nitrogens is 1. The van der Waals surface area contributed by atoms with Crippen molar-refractivity contribution in [3.63, 3.8) is 0 Å². The summed E-state index contributed by atoms with van der Waals surface area (Å²) in [4.78, 5) is 28.1. The monoisotopic (exact) mass is 310 g/mol. The summed E-state index contributed by atoms with van der Waals surface area (Å²) in [5, 5.41) is 8.57. The van der Waals surface area contributed by atoms with Crippen LogP contribution in [0, 0.1) is 0 Å². The average Bonchev–Trinajstić information content (AvgIpc) is 2.45. The van der Waals surface area contributed by atoms with Crippen LogP contribution in [0.1, 0.15) is 15.9 Å². The first kappa shape index (κ1) is 15.2. The Balaban J connectivity index is 2.13. The van der Waals surface area contributed by atoms with Crippen LogP contribution in [0.4, 0.5) is 0 Å². The van der Waals surface area contributed by atoms with E-state index in [1.54, 1.807) is 0 Å². The Morgan fingerprint density at radius 1 is 1.24 bits per heavy atom. The van der Waals surface area contributed by atoms with Crippen LogP contribution in [0.25, 0.3) is 6.08 Å². The highest BCUT2D eigenvalue weighted by molar-refractivity contribution is 7.91. The fourth-order valence-electron chi connectivity index (χ4n) is 1.93. The summed E-state index contributed by atoms with van der Waals surface area (Å²) in [6, 6.07) is 1.53. The molecule has 1 saturated heterocycles. The molecule has 1 amide bonds. The Morgan fingerprint density at radius 2 is 1.90 bits per heavy atom. The molecule has 0 aliphatic carbocycles. The van der Waals surface area contributed by atoms with Crippen molar-refractivity contribution in [2.45, 2.75) is 0 Å². The van der Waals surface area contributed by atoms with Gasteiger partial charge in [-0.05, 0) is 17.7 Å². The van der Waals surface area contributed by atoms with Gasteiger partial charge in [-0.2, -0.15) is 0 Å². The number of carboxylic acid groups (broad SMARTS) is 1. The summed E-state index contributed by atoms with van der Waals surface area (Å²) in [6.45, 7) is 0.326. The van der Waals surface area contributed by atoms with Crippen LogP contribution >= 0.6 is 0 Å². The van der Waals surface area contributed by atoms with E-state index in [2.05, 4.69) is 4.98 Å². The molecule has 1 aliphatic heterocycles. The van der Waals surface area contributed by atoms with Gasteiger partial charge in [0.1, 0.15) is 0 Å². The Morgan fingerprint density at radius 3 is 2.52 bits per heavy atom. The second-order valence-electron chi connectivity index (χ2n) is 4.62. The number of carboxylic acids is 1. The maximum Gasteiger partial charge on any atom is 0.328 e. The van der Waals surface area contributed by atoms with E-state index in [9.17, 15) is 18.0 Å². The largest absolute Gasteiger partial charge is 0.478 e. The number of hydrogen-bond acceptors (Lipinski definition) is 5. The number of aliphatic carboxylic acids is 1. The van der Waals surface area contributed by atoms with E-state index >= 15 is 0 Å². The molecule has 1 aliphatic rings. The van der Waals surface area contributed by atoms with Crippen molar-refractivity contribution in [1.82, 2.24) is 9.88 Å². The van der Waals surface area contributed by atoms with E-state index in [1.165, 1.54) is 29.4 Å². The first-order valence-corrected chi connectivity index (χ1v) is 8.05. The van der Waals surface area contributed by atoms with Crippen molar-refractivity contribution < 1.29 is 23.1 Å². The molecular weight excluding hydrogens is 296 g/mol. The lowest BCUT2D eigenvalue weighted by Gasteiger charge is -2.26. The van der Waals surface area contributed by atoms with E-state index in [4.69, 9.17) is 5.11 Å². The van der Waals surface area contributed by atoms with Gasteiger partial charge < -0.3 is 10.0 Å². The van der Waals surface area contributed by atoms with Crippen LogP contribution in [0.15, 0.2) is 24.5 Å². The van der Waals surface area contributed by atoms with E-state index < -0.39 is 15.8 Å². The van der Waals surface area contributed by atoms with Crippen molar-refractivity contribution in [3.8, 4) is 0 Å². The molecule has 21 heavy (non-hydrogen) atoms. The topological polar surface area (TPSA) is 105 Å². The van der Waals surface area contributed by atoms with Crippen LogP contribution in [0.5, 0.6) is 0 Å². The van der Waals surface area contributed by atoms with Crippen LogP contribution in [-0.4, -0.2) is 59.9 Å². The molecule has 7 nitrogen and oxygen atoms in total. The molecule has 0 aromatic carbocycles. The van der Waals surface area contributed by atoms with Crippen LogP contribution in [-0.2, 0) is 14.6 Å². The minimum Gasteiger partial charge on any atom is -0.478 e. The quantitative estimate of drug-likeness (QED) is 0.791. The highest BCUT2D eigenvalue weighted by atomic mass is 32.2. The molecule has 8 heteroatoms. The zero-order valence-corrected chi connectivity index (χ0v) is 11.9. The van der Waals surface area contributed by atoms with Crippen molar-refractivity contribution in [2.75, 3.05) is 24.6 Å². The molecule has 2 rings (SSSR count). The molecule has 0 unspecified atom stereocenters. The normalized spacial score (nSPS) is 17.8. The molecule has 0 bridgehead atoms. The number of sulfone groups is 1. The number of hydrogen-bond donors (Lipinski definition) is 1. The third kappa shape index (κ3) is 4.12. The molecule has 1 aromatic heterocycles. The van der Waals surface area contributed by atoms with Gasteiger partial charge in [-0.3, -0.25) is 9.78 Å². The fraction of sp³-hybridized carbons (Fsp3) is 0.308. The minimum absolute atomic E-state index is 0.0369. The third-order valence-corrected chi connectivity index (χ3v) is 4.67. The van der Waals surface area contributed by atoms with Crippen molar-refractivity contribution in [1.29, 1.82) is 0 Å². The van der Waals surface area contributed by atoms with E-state index in [0.29, 0.717) is 11.1 Å². The van der Waals surface area contributed by atoms with Gasteiger partial charge in [-0.25, -0.2) is 13.2 Å². The van der Waals surface area contributed by atoms with Gasteiger partial charge >= 0.3 is 5.97 Å². The van der Waals surface area contributed by atoms with Gasteiger partial charge in [0, 0.05) is 31.6 Å². The predicted molar refractivity (Wildman–Crippen MR) is 75.5 cm³/mol. The van der Waals surface area contributed by atoms with E-state index in [1.807, 2.05) is 0 Å². The standard InChI is InChI=1S/C13H14N2O5S/c16-12(17)2-1-10-7-11(9-14-8-10)13(18)15-3-5-21(19,20)6-4-15/h1-2,7-9H,3-6H2,(H,16,17). The Kier molecular flexibility index (Phi) is 4.37. The van der Waals surface area contributed by atoms with Crippen LogP contribution in [0.3, 0.4) is 0 Å². The molecule has 0 spiro atoms. The molecule has 112 valence electrons. The zero-order chi connectivity index (χ0) is 15.5. The number of pyridine rings is 1. The van der Waals surface area contributed by atoms with Crippen molar-refractivity contribution in [2.24, 2.45) is 0 Å². The molecule has 0 radical (unpaired) electrons. The number of nitrogens with zero attached hydrogens (tertiary/aromatic N) is 2. The summed E-state index contributed by atoms with van der Waals surface area (Å²) in [6.07, 6.45) is 5.12. The second kappa shape index (κ2) is 6.04. The Labute approximate surface area is 121 Å². The third-order valence-electron chi connectivity index (χ3n) is 3.06. The molecule has 1 aromatic rings. The minimum atomic E-state index is -3.04. The number of amides is 1. The smallest absolute Gasteiger partial charge is 0.328 e. The van der Waals surface area contributed by atoms with Gasteiger partial charge in [0.2, 0.25) is 0 Å². The highest BCUT2D eigenvalue weighted by Crippen LogP contribution is 2.11. The molecule has 0 atom stereocenters. The lowest BCUT2D eigenvalue weighted by atomic mass is 10.1. The molecule has 1 N–H and O–H groups in total. The van der Waals surface area contributed by atoms with Crippen LogP contribution < -0.4 is 0 Å². The number of carbonyl (C=O) groups is 2. The molecule has 2 heterocycles. The van der Waals surface area contributed by atoms with Gasteiger partial charge in [0.25, 0.3) is 5.91 Å². The van der Waals surface area contributed by atoms with Gasteiger partial charge in [0.05, 0.1) is 17.1 Å². The van der Waals surface area contributed by atoms with Crippen LogP contribution in [0.2, 0.25) is 0 Å². The fourth-order valence-corrected chi connectivity index (χ4v) is 3.13. The maximum absolute atomic E-state index is 12.3.